The Balaban J connectivity index is 1.94. The van der Waals surface area contributed by atoms with E-state index in [2.05, 4.69) is 32.1 Å². The van der Waals surface area contributed by atoms with Crippen LogP contribution in [0.5, 0.6) is 0 Å². The SMILES string of the molecule is C=C[C@@H](N[S+]([O-])C(C)(C)C)c1cc(C(F)(F)CO[Si](c2ccccc2)(c2ccccc2)C(C)(C)C)cs1. The van der Waals surface area contributed by atoms with Gasteiger partial charge in [-0.3, -0.25) is 0 Å². The molecule has 2 aromatic carbocycles. The molecule has 0 saturated carbocycles. The van der Waals surface area contributed by atoms with Gasteiger partial charge in [0.25, 0.3) is 14.2 Å². The quantitative estimate of drug-likeness (QED) is 0.170. The van der Waals surface area contributed by atoms with E-state index in [1.165, 1.54) is 22.8 Å². The van der Waals surface area contributed by atoms with Gasteiger partial charge in [-0.15, -0.1) is 22.6 Å². The van der Waals surface area contributed by atoms with Crippen LogP contribution >= 0.6 is 11.3 Å². The molecule has 1 N–H and O–H groups in total. The number of thiophene rings is 1. The molecule has 0 radical (unpaired) electrons. The zero-order valence-corrected chi connectivity index (χ0v) is 25.0. The van der Waals surface area contributed by atoms with E-state index in [0.29, 0.717) is 4.88 Å². The number of hydrogen-bond acceptors (Lipinski definition) is 4. The van der Waals surface area contributed by atoms with Crippen molar-refractivity contribution in [2.75, 3.05) is 6.61 Å². The van der Waals surface area contributed by atoms with E-state index in [0.717, 1.165) is 10.4 Å². The van der Waals surface area contributed by atoms with Crippen LogP contribution in [0.3, 0.4) is 0 Å². The second-order valence-electron chi connectivity index (χ2n) is 11.1. The summed E-state index contributed by atoms with van der Waals surface area (Å²) in [6, 6.07) is 20.5. The van der Waals surface area contributed by atoms with E-state index >= 15 is 8.78 Å². The lowest BCUT2D eigenvalue weighted by Gasteiger charge is -2.43. The minimum atomic E-state index is -3.21. The summed E-state index contributed by atoms with van der Waals surface area (Å²) < 4.78 is 53.1. The Labute approximate surface area is 228 Å². The molecule has 0 fully saturated rings. The van der Waals surface area contributed by atoms with Crippen molar-refractivity contribution in [3.05, 3.63) is 95.2 Å². The third-order valence-corrected chi connectivity index (χ3v) is 13.8. The first-order valence-corrected chi connectivity index (χ1v) is 16.2. The topological polar surface area (TPSA) is 44.3 Å². The van der Waals surface area contributed by atoms with Crippen LogP contribution < -0.4 is 15.1 Å². The van der Waals surface area contributed by atoms with E-state index in [-0.39, 0.29) is 5.56 Å². The zero-order valence-electron chi connectivity index (χ0n) is 22.4. The predicted molar refractivity (Wildman–Crippen MR) is 156 cm³/mol. The largest absolute Gasteiger partial charge is 0.598 e. The molecule has 0 saturated heterocycles. The maximum atomic E-state index is 15.7. The number of halogens is 2. The van der Waals surface area contributed by atoms with Crippen molar-refractivity contribution in [3.8, 4) is 0 Å². The minimum absolute atomic E-state index is 0.111. The fourth-order valence-corrected chi connectivity index (χ4v) is 10.7. The minimum Gasteiger partial charge on any atom is -0.598 e. The molecular formula is C29H37F2NO2S2Si. The van der Waals surface area contributed by atoms with Crippen molar-refractivity contribution in [1.29, 1.82) is 0 Å². The van der Waals surface area contributed by atoms with Gasteiger partial charge in [-0.25, -0.2) is 0 Å². The Bertz CT molecular complexity index is 1120. The molecule has 3 aromatic rings. The molecule has 1 aromatic heterocycles. The van der Waals surface area contributed by atoms with Gasteiger partial charge in [-0.05, 0) is 42.2 Å². The number of hydrogen-bond donors (Lipinski definition) is 1. The summed E-state index contributed by atoms with van der Waals surface area (Å²) in [6.45, 7) is 14.8. The Kier molecular flexibility index (Phi) is 9.25. The van der Waals surface area contributed by atoms with Gasteiger partial charge in [0.1, 0.15) is 17.4 Å². The molecule has 1 unspecified atom stereocenters. The standard InChI is InChI=1S/C29H37F2NO2S2Si/c1-8-25(32-36(33)27(2,3)4)26-19-22(20-35-26)29(30,31)21-34-37(28(5,6)7,23-15-11-9-12-16-23)24-17-13-10-14-18-24/h8-20,25,32H,1,21H2,2-7H3/t25-,36?/m1/s1. The molecule has 2 atom stereocenters. The highest BCUT2D eigenvalue weighted by Crippen LogP contribution is 2.40. The highest BCUT2D eigenvalue weighted by molar-refractivity contribution is 7.90. The summed E-state index contributed by atoms with van der Waals surface area (Å²) in [5, 5.41) is 2.97. The molecule has 0 amide bonds. The van der Waals surface area contributed by atoms with Crippen LogP contribution in [0.1, 0.15) is 58.0 Å². The van der Waals surface area contributed by atoms with Gasteiger partial charge in [-0.2, -0.15) is 8.78 Å². The lowest BCUT2D eigenvalue weighted by atomic mass is 10.1. The summed E-state index contributed by atoms with van der Waals surface area (Å²) in [5.74, 6) is -3.21. The van der Waals surface area contributed by atoms with Crippen molar-refractivity contribution < 1.29 is 17.8 Å². The molecule has 3 rings (SSSR count). The lowest BCUT2D eigenvalue weighted by molar-refractivity contribution is -0.0494. The molecule has 0 aliphatic carbocycles. The monoisotopic (exact) mass is 561 g/mol. The molecular weight excluding hydrogens is 525 g/mol. The highest BCUT2D eigenvalue weighted by Gasteiger charge is 2.52. The number of rotatable bonds is 10. The Morgan fingerprint density at radius 3 is 1.95 bits per heavy atom. The molecule has 0 spiro atoms. The van der Waals surface area contributed by atoms with Crippen LogP contribution in [0, 0.1) is 0 Å². The van der Waals surface area contributed by atoms with Crippen LogP contribution in [0.15, 0.2) is 84.8 Å². The maximum absolute atomic E-state index is 15.7. The first-order valence-electron chi connectivity index (χ1n) is 12.2. The van der Waals surface area contributed by atoms with Gasteiger partial charge in [0.15, 0.2) is 0 Å². The first-order chi connectivity index (χ1) is 17.2. The Hall–Kier alpha value is -1.81. The normalized spacial score (nSPS) is 14.8. The highest BCUT2D eigenvalue weighted by atomic mass is 32.2. The molecule has 0 aliphatic heterocycles. The fraction of sp³-hybridized carbons (Fsp3) is 0.379. The third kappa shape index (κ3) is 6.61. The molecule has 200 valence electrons. The van der Waals surface area contributed by atoms with Crippen LogP contribution in [0.2, 0.25) is 5.04 Å². The molecule has 0 aliphatic rings. The molecule has 1 heterocycles. The average Bonchev–Trinajstić information content (AvgIpc) is 3.34. The summed E-state index contributed by atoms with van der Waals surface area (Å²) in [4.78, 5) is 0.632. The summed E-state index contributed by atoms with van der Waals surface area (Å²) in [5.41, 5.74) is -0.111. The van der Waals surface area contributed by atoms with Gasteiger partial charge >= 0.3 is 0 Å². The summed E-state index contributed by atoms with van der Waals surface area (Å²) in [7, 11) is -3.10. The zero-order chi connectivity index (χ0) is 27.5. The molecule has 37 heavy (non-hydrogen) atoms. The van der Waals surface area contributed by atoms with Crippen LogP contribution in [0.25, 0.3) is 0 Å². The van der Waals surface area contributed by atoms with E-state index < -0.39 is 48.0 Å². The predicted octanol–water partition coefficient (Wildman–Crippen LogP) is 6.70. The maximum Gasteiger partial charge on any atom is 0.295 e. The van der Waals surface area contributed by atoms with E-state index in [9.17, 15) is 4.55 Å². The second-order valence-corrected chi connectivity index (χ2v) is 18.4. The molecule has 0 bridgehead atoms. The second kappa shape index (κ2) is 11.5. The van der Waals surface area contributed by atoms with E-state index in [4.69, 9.17) is 4.43 Å². The van der Waals surface area contributed by atoms with Gasteiger partial charge in [0.05, 0.1) is 0 Å². The molecule has 8 heteroatoms. The van der Waals surface area contributed by atoms with Crippen molar-refractivity contribution in [2.45, 2.75) is 63.3 Å². The van der Waals surface area contributed by atoms with Gasteiger partial charge < -0.3 is 8.98 Å². The van der Waals surface area contributed by atoms with E-state index in [1.54, 1.807) is 6.08 Å². The van der Waals surface area contributed by atoms with Crippen LogP contribution in [0.4, 0.5) is 8.78 Å². The average molecular weight is 562 g/mol. The van der Waals surface area contributed by atoms with Crippen molar-refractivity contribution >= 4 is 41.4 Å². The van der Waals surface area contributed by atoms with Crippen LogP contribution in [-0.4, -0.2) is 24.2 Å². The Morgan fingerprint density at radius 2 is 1.51 bits per heavy atom. The first kappa shape index (κ1) is 29.7. The molecule has 3 nitrogen and oxygen atoms in total. The third-order valence-electron chi connectivity index (χ3n) is 6.26. The number of nitrogens with one attached hydrogen (secondary N) is 1. The van der Waals surface area contributed by atoms with Crippen molar-refractivity contribution in [3.63, 3.8) is 0 Å². The van der Waals surface area contributed by atoms with Crippen molar-refractivity contribution in [1.82, 2.24) is 4.72 Å². The van der Waals surface area contributed by atoms with Gasteiger partial charge in [0, 0.05) is 27.2 Å². The fourth-order valence-electron chi connectivity index (χ4n) is 4.27. The van der Waals surface area contributed by atoms with Crippen molar-refractivity contribution in [2.24, 2.45) is 0 Å². The van der Waals surface area contributed by atoms with E-state index in [1.807, 2.05) is 81.4 Å². The Morgan fingerprint density at radius 1 is 1.00 bits per heavy atom. The smallest absolute Gasteiger partial charge is 0.295 e. The summed E-state index contributed by atoms with van der Waals surface area (Å²) >= 11 is -0.168. The van der Waals surface area contributed by atoms with Crippen LogP contribution in [-0.2, 0) is 21.7 Å². The van der Waals surface area contributed by atoms with Gasteiger partial charge in [-0.1, -0.05) is 87.5 Å². The summed E-state index contributed by atoms with van der Waals surface area (Å²) in [6.07, 6.45) is 1.59. The lowest BCUT2D eigenvalue weighted by Crippen LogP contribution is -2.67. The number of alkyl halides is 2. The number of benzene rings is 2. The van der Waals surface area contributed by atoms with Gasteiger partial charge in [0.2, 0.25) is 0 Å².